The summed E-state index contributed by atoms with van der Waals surface area (Å²) in [6, 6.07) is 15.8. The highest BCUT2D eigenvalue weighted by atomic mass is 16.5. The lowest BCUT2D eigenvalue weighted by Gasteiger charge is -2.02. The molecule has 2 heterocycles. The number of anilines is 1. The van der Waals surface area contributed by atoms with Crippen LogP contribution in [-0.4, -0.2) is 19.7 Å². The Morgan fingerprint density at radius 3 is 2.76 bits per heavy atom. The van der Waals surface area contributed by atoms with Gasteiger partial charge in [0.15, 0.2) is 0 Å². The van der Waals surface area contributed by atoms with Crippen LogP contribution in [0.1, 0.15) is 11.1 Å². The van der Waals surface area contributed by atoms with Gasteiger partial charge >= 0.3 is 0 Å². The van der Waals surface area contributed by atoms with Gasteiger partial charge < -0.3 is 14.8 Å². The summed E-state index contributed by atoms with van der Waals surface area (Å²) in [5.74, 6) is 0.972. The van der Waals surface area contributed by atoms with Crippen LogP contribution < -0.4 is 5.73 Å². The lowest BCUT2D eigenvalue weighted by molar-refractivity contribution is 0.431. The summed E-state index contributed by atoms with van der Waals surface area (Å²) in [6.07, 6.45) is 3.64. The molecule has 2 aromatic carbocycles. The molecule has 0 aliphatic rings. The van der Waals surface area contributed by atoms with Gasteiger partial charge in [0, 0.05) is 24.0 Å². The Hall–Kier alpha value is -3.41. The Labute approximate surface area is 144 Å². The Balaban J connectivity index is 1.55. The van der Waals surface area contributed by atoms with Crippen LogP contribution in [0.4, 0.5) is 5.69 Å². The molecule has 0 unspecified atom stereocenters. The molecular formula is C19H17N5O. The summed E-state index contributed by atoms with van der Waals surface area (Å²) in [5, 5.41) is 4.06. The molecule has 0 atom stereocenters. The van der Waals surface area contributed by atoms with Crippen molar-refractivity contribution in [3.8, 4) is 23.0 Å². The van der Waals surface area contributed by atoms with E-state index < -0.39 is 0 Å². The van der Waals surface area contributed by atoms with Crippen LogP contribution in [0.3, 0.4) is 0 Å². The van der Waals surface area contributed by atoms with Gasteiger partial charge in [-0.05, 0) is 30.7 Å². The molecule has 0 spiro atoms. The van der Waals surface area contributed by atoms with Crippen LogP contribution in [-0.2, 0) is 6.54 Å². The zero-order valence-corrected chi connectivity index (χ0v) is 13.8. The van der Waals surface area contributed by atoms with Crippen molar-refractivity contribution in [1.82, 2.24) is 19.7 Å². The predicted molar refractivity (Wildman–Crippen MR) is 95.6 cm³/mol. The van der Waals surface area contributed by atoms with Crippen molar-refractivity contribution in [3.05, 3.63) is 72.2 Å². The zero-order valence-electron chi connectivity index (χ0n) is 13.8. The van der Waals surface area contributed by atoms with Crippen LogP contribution in [0, 0.1) is 6.92 Å². The van der Waals surface area contributed by atoms with E-state index in [-0.39, 0.29) is 0 Å². The van der Waals surface area contributed by atoms with Crippen molar-refractivity contribution in [2.24, 2.45) is 0 Å². The Bertz CT molecular complexity index is 1000. The molecular weight excluding hydrogens is 314 g/mol. The molecule has 0 radical (unpaired) electrons. The minimum absolute atomic E-state index is 0.410. The van der Waals surface area contributed by atoms with Gasteiger partial charge in [-0.3, -0.25) is 0 Å². The van der Waals surface area contributed by atoms with Gasteiger partial charge in [0.1, 0.15) is 5.69 Å². The fraction of sp³-hybridized carbons (Fsp3) is 0.105. The summed E-state index contributed by atoms with van der Waals surface area (Å²) in [7, 11) is 0. The van der Waals surface area contributed by atoms with E-state index in [9.17, 15) is 0 Å². The molecule has 0 aliphatic carbocycles. The van der Waals surface area contributed by atoms with E-state index in [0.29, 0.717) is 24.0 Å². The van der Waals surface area contributed by atoms with E-state index in [1.54, 1.807) is 6.33 Å². The molecule has 0 fully saturated rings. The molecule has 0 saturated carbocycles. The van der Waals surface area contributed by atoms with Crippen molar-refractivity contribution >= 4 is 5.69 Å². The van der Waals surface area contributed by atoms with Crippen molar-refractivity contribution < 1.29 is 4.52 Å². The van der Waals surface area contributed by atoms with Crippen molar-refractivity contribution in [3.63, 3.8) is 0 Å². The first-order chi connectivity index (χ1) is 12.2. The minimum Gasteiger partial charge on any atom is -0.399 e. The first-order valence-electron chi connectivity index (χ1n) is 7.95. The highest BCUT2D eigenvalue weighted by Gasteiger charge is 2.13. The smallest absolute Gasteiger partial charge is 0.278 e. The first-order valence-corrected chi connectivity index (χ1v) is 7.95. The second-order valence-electron chi connectivity index (χ2n) is 5.97. The molecule has 4 aromatic rings. The maximum Gasteiger partial charge on any atom is 0.278 e. The predicted octanol–water partition coefficient (Wildman–Crippen LogP) is 3.54. The normalized spacial score (nSPS) is 10.9. The van der Waals surface area contributed by atoms with E-state index in [1.807, 2.05) is 66.2 Å². The lowest BCUT2D eigenvalue weighted by atomic mass is 10.1. The standard InChI is InChI=1S/C19H17N5O/c1-13-3-2-4-15(9-13)18-22-19(25-23-18)17-11-24(12-21-17)10-14-5-7-16(20)8-6-14/h2-9,11-12H,10,20H2,1H3. The molecule has 2 N–H and O–H groups in total. The molecule has 6 heteroatoms. The largest absolute Gasteiger partial charge is 0.399 e. The fourth-order valence-electron chi connectivity index (χ4n) is 2.62. The molecule has 124 valence electrons. The quantitative estimate of drug-likeness (QED) is 0.578. The molecule has 0 bridgehead atoms. The topological polar surface area (TPSA) is 82.8 Å². The lowest BCUT2D eigenvalue weighted by Crippen LogP contribution is -1.96. The summed E-state index contributed by atoms with van der Waals surface area (Å²) < 4.78 is 7.34. The Kier molecular flexibility index (Phi) is 3.78. The number of hydrogen-bond donors (Lipinski definition) is 1. The second-order valence-corrected chi connectivity index (χ2v) is 5.97. The van der Waals surface area contributed by atoms with Crippen molar-refractivity contribution in [2.45, 2.75) is 13.5 Å². The van der Waals surface area contributed by atoms with Crippen LogP contribution in [0.2, 0.25) is 0 Å². The van der Waals surface area contributed by atoms with Crippen LogP contribution >= 0.6 is 0 Å². The van der Waals surface area contributed by atoms with Gasteiger partial charge in [-0.1, -0.05) is 41.1 Å². The van der Waals surface area contributed by atoms with Gasteiger partial charge in [0.05, 0.1) is 6.33 Å². The molecule has 0 aliphatic heterocycles. The van der Waals surface area contributed by atoms with Crippen LogP contribution in [0.25, 0.3) is 23.0 Å². The molecule has 4 rings (SSSR count). The van der Waals surface area contributed by atoms with Gasteiger partial charge in [-0.2, -0.15) is 4.98 Å². The van der Waals surface area contributed by atoms with Crippen molar-refractivity contribution in [1.29, 1.82) is 0 Å². The molecule has 0 amide bonds. The summed E-state index contributed by atoms with van der Waals surface area (Å²) in [6.45, 7) is 2.73. The van der Waals surface area contributed by atoms with Gasteiger partial charge in [-0.25, -0.2) is 4.98 Å². The SMILES string of the molecule is Cc1cccc(-c2noc(-c3cn(Cc4ccc(N)cc4)cn3)n2)c1. The van der Waals surface area contributed by atoms with E-state index in [2.05, 4.69) is 15.1 Å². The van der Waals surface area contributed by atoms with Crippen molar-refractivity contribution in [2.75, 3.05) is 5.73 Å². The fourth-order valence-corrected chi connectivity index (χ4v) is 2.62. The van der Waals surface area contributed by atoms with Gasteiger partial charge in [0.25, 0.3) is 5.89 Å². The average molecular weight is 331 g/mol. The van der Waals surface area contributed by atoms with Gasteiger partial charge in [-0.15, -0.1) is 0 Å². The number of rotatable bonds is 4. The summed E-state index contributed by atoms with van der Waals surface area (Å²) in [4.78, 5) is 8.82. The monoisotopic (exact) mass is 331 g/mol. The molecule has 25 heavy (non-hydrogen) atoms. The van der Waals surface area contributed by atoms with Gasteiger partial charge in [0.2, 0.25) is 5.82 Å². The number of nitrogen functional groups attached to an aromatic ring is 1. The Morgan fingerprint density at radius 1 is 1.12 bits per heavy atom. The zero-order chi connectivity index (χ0) is 17.2. The van der Waals surface area contributed by atoms with E-state index >= 15 is 0 Å². The highest BCUT2D eigenvalue weighted by Crippen LogP contribution is 2.22. The molecule has 0 saturated heterocycles. The maximum absolute atomic E-state index is 5.71. The van der Waals surface area contributed by atoms with Crippen LogP contribution in [0.15, 0.2) is 65.6 Å². The number of benzene rings is 2. The number of hydrogen-bond acceptors (Lipinski definition) is 5. The second kappa shape index (κ2) is 6.24. The van der Waals surface area contributed by atoms with E-state index in [1.165, 1.54) is 0 Å². The maximum atomic E-state index is 5.71. The Morgan fingerprint density at radius 2 is 1.96 bits per heavy atom. The third-order valence-electron chi connectivity index (χ3n) is 3.90. The number of nitrogens with two attached hydrogens (primary N) is 1. The number of imidazole rings is 1. The van der Waals surface area contributed by atoms with Crippen LogP contribution in [0.5, 0.6) is 0 Å². The number of aromatic nitrogens is 4. The number of nitrogens with zero attached hydrogens (tertiary/aromatic N) is 4. The van der Waals surface area contributed by atoms with E-state index in [0.717, 1.165) is 22.4 Å². The number of aryl methyl sites for hydroxylation is 1. The minimum atomic E-state index is 0.410. The third-order valence-corrected chi connectivity index (χ3v) is 3.90. The molecule has 2 aromatic heterocycles. The van der Waals surface area contributed by atoms with E-state index in [4.69, 9.17) is 10.3 Å². The summed E-state index contributed by atoms with van der Waals surface area (Å²) in [5.41, 5.74) is 10.3. The highest BCUT2D eigenvalue weighted by molar-refractivity contribution is 5.58. The third kappa shape index (κ3) is 3.28. The summed E-state index contributed by atoms with van der Waals surface area (Å²) >= 11 is 0. The first kappa shape index (κ1) is 15.1. The molecule has 6 nitrogen and oxygen atoms in total. The average Bonchev–Trinajstić information content (AvgIpc) is 3.26.